The van der Waals surface area contributed by atoms with Gasteiger partial charge in [-0.15, -0.1) is 0 Å². The minimum atomic E-state index is 0.364. The molecule has 0 spiro atoms. The Morgan fingerprint density at radius 3 is 2.68 bits per heavy atom. The van der Waals surface area contributed by atoms with Crippen molar-refractivity contribution < 1.29 is 9.47 Å². The Balaban J connectivity index is 2.18. The summed E-state index contributed by atoms with van der Waals surface area (Å²) in [7, 11) is 1.69. The highest BCUT2D eigenvalue weighted by Gasteiger charge is 2.22. The molecular formula is C15H22BrNO2. The highest BCUT2D eigenvalue weighted by molar-refractivity contribution is 9.10. The van der Waals surface area contributed by atoms with E-state index in [-0.39, 0.29) is 0 Å². The van der Waals surface area contributed by atoms with Gasteiger partial charge in [0.2, 0.25) is 0 Å². The predicted octanol–water partition coefficient (Wildman–Crippen LogP) is 3.67. The van der Waals surface area contributed by atoms with Crippen LogP contribution in [-0.2, 0) is 6.42 Å². The highest BCUT2D eigenvalue weighted by atomic mass is 79.9. The van der Waals surface area contributed by atoms with E-state index in [0.717, 1.165) is 54.6 Å². The number of ether oxygens (including phenoxy) is 2. The lowest BCUT2D eigenvalue weighted by Crippen LogP contribution is -2.25. The van der Waals surface area contributed by atoms with Crippen molar-refractivity contribution in [2.45, 2.75) is 44.6 Å². The van der Waals surface area contributed by atoms with Crippen molar-refractivity contribution in [3.05, 3.63) is 22.2 Å². The zero-order valence-corrected chi connectivity index (χ0v) is 13.0. The van der Waals surface area contributed by atoms with Gasteiger partial charge in [0.15, 0.2) is 11.5 Å². The lowest BCUT2D eigenvalue weighted by Gasteiger charge is -2.28. The molecule has 0 radical (unpaired) electrons. The van der Waals surface area contributed by atoms with Gasteiger partial charge in [-0.05, 0) is 62.8 Å². The third-order valence-electron chi connectivity index (χ3n) is 3.55. The minimum absolute atomic E-state index is 0.364. The summed E-state index contributed by atoms with van der Waals surface area (Å²) in [6.45, 7) is 0.740. The van der Waals surface area contributed by atoms with Crippen molar-refractivity contribution in [2.75, 3.05) is 13.7 Å². The number of halogens is 1. The third kappa shape index (κ3) is 3.86. The lowest BCUT2D eigenvalue weighted by molar-refractivity contribution is 0.114. The Kier molecular flexibility index (Phi) is 5.52. The number of aryl methyl sites for hydroxylation is 1. The molecule has 106 valence electrons. The van der Waals surface area contributed by atoms with Crippen LogP contribution in [0, 0.1) is 0 Å². The Labute approximate surface area is 123 Å². The summed E-state index contributed by atoms with van der Waals surface area (Å²) in [6.07, 6.45) is 7.04. The van der Waals surface area contributed by atoms with Gasteiger partial charge in [-0.1, -0.05) is 15.9 Å². The van der Waals surface area contributed by atoms with Crippen LogP contribution in [0.2, 0.25) is 0 Å². The Hall–Kier alpha value is -0.740. The average molecular weight is 328 g/mol. The van der Waals surface area contributed by atoms with Gasteiger partial charge in [0, 0.05) is 4.47 Å². The molecule has 1 aliphatic rings. The van der Waals surface area contributed by atoms with E-state index in [0.29, 0.717) is 6.10 Å². The van der Waals surface area contributed by atoms with Gasteiger partial charge < -0.3 is 15.2 Å². The van der Waals surface area contributed by atoms with E-state index >= 15 is 0 Å². The summed E-state index contributed by atoms with van der Waals surface area (Å²) >= 11 is 3.53. The maximum Gasteiger partial charge on any atom is 0.164 e. The molecule has 0 atom stereocenters. The maximum atomic E-state index is 6.11. The second-order valence-corrected chi connectivity index (χ2v) is 5.93. The van der Waals surface area contributed by atoms with Crippen LogP contribution in [0.15, 0.2) is 16.6 Å². The first-order valence-corrected chi connectivity index (χ1v) is 7.77. The Bertz CT molecular complexity index is 419. The molecule has 0 heterocycles. The van der Waals surface area contributed by atoms with Gasteiger partial charge >= 0.3 is 0 Å². The van der Waals surface area contributed by atoms with E-state index in [1.165, 1.54) is 12.0 Å². The molecule has 1 fully saturated rings. The van der Waals surface area contributed by atoms with E-state index in [2.05, 4.69) is 22.0 Å². The number of hydrogen-bond donors (Lipinski definition) is 1. The summed E-state index contributed by atoms with van der Waals surface area (Å²) < 4.78 is 12.6. The number of unbranched alkanes of at least 4 members (excludes halogenated alkanes) is 1. The van der Waals surface area contributed by atoms with Crippen molar-refractivity contribution in [1.82, 2.24) is 0 Å². The number of nitrogens with two attached hydrogens (primary N) is 1. The van der Waals surface area contributed by atoms with E-state index in [1.54, 1.807) is 7.11 Å². The first-order chi connectivity index (χ1) is 9.24. The molecule has 1 aliphatic carbocycles. The first kappa shape index (κ1) is 14.7. The van der Waals surface area contributed by atoms with Crippen LogP contribution in [0.1, 0.15) is 37.7 Å². The standard InChI is InChI=1S/C15H22BrNO2/c1-18-14-10-12(16)9-11(5-2-3-8-17)15(14)19-13-6-4-7-13/h9-10,13H,2-8,17H2,1H3. The van der Waals surface area contributed by atoms with Gasteiger partial charge in [0.25, 0.3) is 0 Å². The quantitative estimate of drug-likeness (QED) is 0.777. The number of rotatable bonds is 7. The van der Waals surface area contributed by atoms with Gasteiger partial charge in [0.05, 0.1) is 13.2 Å². The van der Waals surface area contributed by atoms with Crippen LogP contribution in [0.3, 0.4) is 0 Å². The highest BCUT2D eigenvalue weighted by Crippen LogP contribution is 2.38. The molecule has 0 saturated heterocycles. The van der Waals surface area contributed by atoms with Gasteiger partial charge in [0.1, 0.15) is 0 Å². The van der Waals surface area contributed by atoms with Crippen LogP contribution < -0.4 is 15.2 Å². The largest absolute Gasteiger partial charge is 0.493 e. The zero-order chi connectivity index (χ0) is 13.7. The second kappa shape index (κ2) is 7.15. The first-order valence-electron chi connectivity index (χ1n) is 6.97. The molecule has 0 bridgehead atoms. The van der Waals surface area contributed by atoms with E-state index < -0.39 is 0 Å². The molecule has 2 rings (SSSR count). The van der Waals surface area contributed by atoms with Crippen molar-refractivity contribution >= 4 is 15.9 Å². The van der Waals surface area contributed by atoms with E-state index in [1.807, 2.05) is 6.07 Å². The summed E-state index contributed by atoms with van der Waals surface area (Å²) in [5.74, 6) is 1.75. The fourth-order valence-electron chi connectivity index (χ4n) is 2.21. The van der Waals surface area contributed by atoms with Crippen LogP contribution in [0.4, 0.5) is 0 Å². The van der Waals surface area contributed by atoms with Crippen molar-refractivity contribution in [2.24, 2.45) is 5.73 Å². The molecule has 0 aliphatic heterocycles. The molecule has 2 N–H and O–H groups in total. The SMILES string of the molecule is COc1cc(Br)cc(CCCCN)c1OC1CCC1. The van der Waals surface area contributed by atoms with Gasteiger partial charge in [-0.3, -0.25) is 0 Å². The van der Waals surface area contributed by atoms with Crippen LogP contribution >= 0.6 is 15.9 Å². The number of methoxy groups -OCH3 is 1. The fraction of sp³-hybridized carbons (Fsp3) is 0.600. The summed E-state index contributed by atoms with van der Waals surface area (Å²) in [6, 6.07) is 4.10. The van der Waals surface area contributed by atoms with Gasteiger partial charge in [-0.25, -0.2) is 0 Å². The van der Waals surface area contributed by atoms with Crippen molar-refractivity contribution in [3.8, 4) is 11.5 Å². The average Bonchev–Trinajstić information content (AvgIpc) is 2.35. The monoisotopic (exact) mass is 327 g/mol. The van der Waals surface area contributed by atoms with E-state index in [4.69, 9.17) is 15.2 Å². The van der Waals surface area contributed by atoms with E-state index in [9.17, 15) is 0 Å². The topological polar surface area (TPSA) is 44.5 Å². The molecule has 1 saturated carbocycles. The molecule has 1 aromatic carbocycles. The Morgan fingerprint density at radius 1 is 1.32 bits per heavy atom. The molecule has 0 unspecified atom stereocenters. The lowest BCUT2D eigenvalue weighted by atomic mass is 9.96. The van der Waals surface area contributed by atoms with Crippen molar-refractivity contribution in [3.63, 3.8) is 0 Å². The zero-order valence-electron chi connectivity index (χ0n) is 11.5. The molecule has 0 amide bonds. The summed E-state index contributed by atoms with van der Waals surface area (Å²) in [5.41, 5.74) is 6.78. The number of benzene rings is 1. The molecule has 0 aromatic heterocycles. The van der Waals surface area contributed by atoms with Crippen LogP contribution in [0.25, 0.3) is 0 Å². The molecule has 4 heteroatoms. The molecular weight excluding hydrogens is 306 g/mol. The third-order valence-corrected chi connectivity index (χ3v) is 4.01. The van der Waals surface area contributed by atoms with Crippen molar-refractivity contribution in [1.29, 1.82) is 0 Å². The fourth-order valence-corrected chi connectivity index (χ4v) is 2.69. The molecule has 3 nitrogen and oxygen atoms in total. The summed E-state index contributed by atoms with van der Waals surface area (Å²) in [4.78, 5) is 0. The smallest absolute Gasteiger partial charge is 0.164 e. The number of hydrogen-bond acceptors (Lipinski definition) is 3. The molecule has 19 heavy (non-hydrogen) atoms. The predicted molar refractivity (Wildman–Crippen MR) is 81.0 cm³/mol. The molecule has 1 aromatic rings. The second-order valence-electron chi connectivity index (χ2n) is 5.01. The van der Waals surface area contributed by atoms with Crippen LogP contribution in [0.5, 0.6) is 11.5 Å². The Morgan fingerprint density at radius 2 is 2.11 bits per heavy atom. The normalized spacial score (nSPS) is 15.1. The minimum Gasteiger partial charge on any atom is -0.493 e. The summed E-state index contributed by atoms with van der Waals surface area (Å²) in [5, 5.41) is 0. The van der Waals surface area contributed by atoms with Gasteiger partial charge in [-0.2, -0.15) is 0 Å². The van der Waals surface area contributed by atoms with Crippen LogP contribution in [-0.4, -0.2) is 19.8 Å². The maximum absolute atomic E-state index is 6.11.